The fraction of sp³-hybridized carbons (Fsp3) is 0.286. The third kappa shape index (κ3) is 5.04. The van der Waals surface area contributed by atoms with Crippen LogP contribution in [-0.4, -0.2) is 41.3 Å². The molecule has 2 aromatic carbocycles. The van der Waals surface area contributed by atoms with Gasteiger partial charge in [0.15, 0.2) is 0 Å². The smallest absolute Gasteiger partial charge is 0.322 e. The number of amides is 2. The van der Waals surface area contributed by atoms with Crippen LogP contribution in [0.3, 0.4) is 0 Å². The molecule has 0 aliphatic carbocycles. The molecule has 0 radical (unpaired) electrons. The molecule has 0 saturated heterocycles. The van der Waals surface area contributed by atoms with Gasteiger partial charge in [0.05, 0.1) is 14.2 Å². The zero-order valence-corrected chi connectivity index (χ0v) is 16.9. The minimum atomic E-state index is -0.266. The fourth-order valence-electron chi connectivity index (χ4n) is 2.71. The number of aromatic nitrogens is 2. The first-order valence-electron chi connectivity index (χ1n) is 9.19. The maximum absolute atomic E-state index is 12.8. The van der Waals surface area contributed by atoms with Crippen LogP contribution in [0.25, 0.3) is 11.4 Å². The van der Waals surface area contributed by atoms with Crippen LogP contribution in [0.15, 0.2) is 53.1 Å². The summed E-state index contributed by atoms with van der Waals surface area (Å²) in [6.07, 6.45) is 0. The number of anilines is 1. The maximum atomic E-state index is 12.8. The van der Waals surface area contributed by atoms with Gasteiger partial charge in [0.1, 0.15) is 18.0 Å². The Hall–Kier alpha value is -3.55. The molecule has 1 heterocycles. The van der Waals surface area contributed by atoms with Crippen LogP contribution in [0.4, 0.5) is 10.5 Å². The molecule has 0 aliphatic rings. The van der Waals surface area contributed by atoms with Gasteiger partial charge in [-0.2, -0.15) is 4.98 Å². The number of hydrogen-bond donors (Lipinski definition) is 1. The van der Waals surface area contributed by atoms with Crippen molar-refractivity contribution in [1.82, 2.24) is 15.0 Å². The lowest BCUT2D eigenvalue weighted by Gasteiger charge is -2.25. The first kappa shape index (κ1) is 20.2. The SMILES string of the molecule is COc1ccc(-c2noc(CN(C(=O)Nc3cccc(OC)c3)C(C)C)n2)cc1. The predicted octanol–water partition coefficient (Wildman–Crippen LogP) is 4.20. The van der Waals surface area contributed by atoms with E-state index in [0.717, 1.165) is 11.3 Å². The monoisotopic (exact) mass is 396 g/mol. The second-order valence-corrected chi connectivity index (χ2v) is 6.62. The highest BCUT2D eigenvalue weighted by Gasteiger charge is 2.21. The molecule has 0 bridgehead atoms. The molecule has 2 amide bonds. The Morgan fingerprint density at radius 1 is 1.10 bits per heavy atom. The highest BCUT2D eigenvalue weighted by atomic mass is 16.5. The number of ether oxygens (including phenoxy) is 2. The Labute approximate surface area is 169 Å². The number of methoxy groups -OCH3 is 2. The molecule has 8 nitrogen and oxygen atoms in total. The molecule has 0 atom stereocenters. The van der Waals surface area contributed by atoms with Crippen molar-refractivity contribution < 1.29 is 18.8 Å². The van der Waals surface area contributed by atoms with Gasteiger partial charge in [-0.25, -0.2) is 4.79 Å². The lowest BCUT2D eigenvalue weighted by molar-refractivity contribution is 0.182. The summed E-state index contributed by atoms with van der Waals surface area (Å²) < 4.78 is 15.7. The van der Waals surface area contributed by atoms with E-state index in [4.69, 9.17) is 14.0 Å². The standard InChI is InChI=1S/C21H24N4O4/c1-14(2)25(21(26)22-16-6-5-7-18(12-16)28-4)13-19-23-20(24-29-19)15-8-10-17(27-3)11-9-15/h5-12,14H,13H2,1-4H3,(H,22,26). The van der Waals surface area contributed by atoms with Crippen molar-refractivity contribution in [2.24, 2.45) is 0 Å². The first-order chi connectivity index (χ1) is 14.0. The van der Waals surface area contributed by atoms with Crippen LogP contribution in [0, 0.1) is 0 Å². The molecule has 0 spiro atoms. The molecular formula is C21H24N4O4. The van der Waals surface area contributed by atoms with Crippen LogP contribution in [-0.2, 0) is 6.54 Å². The van der Waals surface area contributed by atoms with Gasteiger partial charge in [-0.1, -0.05) is 11.2 Å². The van der Waals surface area contributed by atoms with Crippen molar-refractivity contribution in [2.45, 2.75) is 26.4 Å². The average Bonchev–Trinajstić information content (AvgIpc) is 3.20. The topological polar surface area (TPSA) is 89.7 Å². The van der Waals surface area contributed by atoms with Crippen LogP contribution < -0.4 is 14.8 Å². The van der Waals surface area contributed by atoms with Crippen molar-refractivity contribution in [3.8, 4) is 22.9 Å². The number of hydrogen-bond acceptors (Lipinski definition) is 6. The molecule has 3 rings (SSSR count). The Balaban J connectivity index is 1.71. The van der Waals surface area contributed by atoms with E-state index in [9.17, 15) is 4.79 Å². The van der Waals surface area contributed by atoms with E-state index in [1.54, 1.807) is 31.3 Å². The molecule has 0 fully saturated rings. The molecule has 8 heteroatoms. The Morgan fingerprint density at radius 2 is 1.83 bits per heavy atom. The molecule has 29 heavy (non-hydrogen) atoms. The van der Waals surface area contributed by atoms with Gasteiger partial charge >= 0.3 is 6.03 Å². The number of nitrogens with one attached hydrogen (secondary N) is 1. The van der Waals surface area contributed by atoms with Crippen LogP contribution in [0.2, 0.25) is 0 Å². The van der Waals surface area contributed by atoms with E-state index < -0.39 is 0 Å². The number of benzene rings is 2. The van der Waals surface area contributed by atoms with Gasteiger partial charge in [0, 0.05) is 23.4 Å². The summed E-state index contributed by atoms with van der Waals surface area (Å²) in [7, 11) is 3.19. The summed E-state index contributed by atoms with van der Waals surface area (Å²) in [5.74, 6) is 2.22. The minimum Gasteiger partial charge on any atom is -0.497 e. The summed E-state index contributed by atoms with van der Waals surface area (Å²) in [4.78, 5) is 18.8. The fourth-order valence-corrected chi connectivity index (χ4v) is 2.71. The van der Waals surface area contributed by atoms with Gasteiger partial charge in [-0.05, 0) is 50.2 Å². The van der Waals surface area contributed by atoms with E-state index in [0.29, 0.717) is 23.2 Å². The van der Waals surface area contributed by atoms with Gasteiger partial charge in [-0.15, -0.1) is 0 Å². The Morgan fingerprint density at radius 3 is 2.48 bits per heavy atom. The quantitative estimate of drug-likeness (QED) is 0.644. The molecule has 0 saturated carbocycles. The molecule has 3 aromatic rings. The summed E-state index contributed by atoms with van der Waals surface area (Å²) >= 11 is 0. The summed E-state index contributed by atoms with van der Waals surface area (Å²) in [5, 5.41) is 6.89. The Kier molecular flexibility index (Phi) is 6.33. The summed E-state index contributed by atoms with van der Waals surface area (Å²) in [5.41, 5.74) is 1.45. The summed E-state index contributed by atoms with van der Waals surface area (Å²) in [6, 6.07) is 14.2. The van der Waals surface area contributed by atoms with Crippen molar-refractivity contribution in [3.63, 3.8) is 0 Å². The molecular weight excluding hydrogens is 372 g/mol. The van der Waals surface area contributed by atoms with Crippen molar-refractivity contribution in [3.05, 3.63) is 54.4 Å². The highest BCUT2D eigenvalue weighted by Crippen LogP contribution is 2.21. The first-order valence-corrected chi connectivity index (χ1v) is 9.19. The van der Waals surface area contributed by atoms with E-state index >= 15 is 0 Å². The maximum Gasteiger partial charge on any atom is 0.322 e. The number of rotatable bonds is 7. The second-order valence-electron chi connectivity index (χ2n) is 6.62. The van der Waals surface area contributed by atoms with E-state index in [2.05, 4.69) is 15.5 Å². The van der Waals surface area contributed by atoms with Crippen LogP contribution in [0.5, 0.6) is 11.5 Å². The lowest BCUT2D eigenvalue weighted by atomic mass is 10.2. The van der Waals surface area contributed by atoms with E-state index in [-0.39, 0.29) is 18.6 Å². The van der Waals surface area contributed by atoms with Crippen molar-refractivity contribution in [2.75, 3.05) is 19.5 Å². The minimum absolute atomic E-state index is 0.0723. The molecule has 0 unspecified atom stereocenters. The second kappa shape index (κ2) is 9.09. The molecule has 1 aromatic heterocycles. The largest absolute Gasteiger partial charge is 0.497 e. The van der Waals surface area contributed by atoms with Gasteiger partial charge in [-0.3, -0.25) is 0 Å². The zero-order chi connectivity index (χ0) is 20.8. The van der Waals surface area contributed by atoms with Gasteiger partial charge in [0.25, 0.3) is 0 Å². The molecule has 1 N–H and O–H groups in total. The van der Waals surface area contributed by atoms with Gasteiger partial charge < -0.3 is 24.2 Å². The van der Waals surface area contributed by atoms with Crippen molar-refractivity contribution in [1.29, 1.82) is 0 Å². The zero-order valence-electron chi connectivity index (χ0n) is 16.9. The average molecular weight is 396 g/mol. The highest BCUT2D eigenvalue weighted by molar-refractivity contribution is 5.89. The Bertz CT molecular complexity index is 953. The number of carbonyl (C=O) groups is 1. The molecule has 0 aliphatic heterocycles. The molecule has 152 valence electrons. The number of nitrogens with zero attached hydrogens (tertiary/aromatic N) is 3. The lowest BCUT2D eigenvalue weighted by Crippen LogP contribution is -2.39. The third-order valence-corrected chi connectivity index (χ3v) is 4.33. The van der Waals surface area contributed by atoms with Crippen LogP contribution in [0.1, 0.15) is 19.7 Å². The van der Waals surface area contributed by atoms with E-state index in [1.807, 2.05) is 50.2 Å². The summed E-state index contributed by atoms with van der Waals surface area (Å²) in [6.45, 7) is 4.04. The van der Waals surface area contributed by atoms with Crippen molar-refractivity contribution >= 4 is 11.7 Å². The van der Waals surface area contributed by atoms with Gasteiger partial charge in [0.2, 0.25) is 11.7 Å². The third-order valence-electron chi connectivity index (χ3n) is 4.33. The predicted molar refractivity (Wildman–Crippen MR) is 109 cm³/mol. The number of urea groups is 1. The normalized spacial score (nSPS) is 10.7. The van der Waals surface area contributed by atoms with E-state index in [1.165, 1.54) is 0 Å². The van der Waals surface area contributed by atoms with Crippen LogP contribution >= 0.6 is 0 Å². The number of carbonyl (C=O) groups excluding carboxylic acids is 1.